The van der Waals surface area contributed by atoms with E-state index in [4.69, 9.17) is 4.74 Å². The third-order valence-corrected chi connectivity index (χ3v) is 4.01. The van der Waals surface area contributed by atoms with Crippen molar-refractivity contribution in [1.82, 2.24) is 5.32 Å². The molecule has 0 aromatic heterocycles. The second-order valence-electron chi connectivity index (χ2n) is 5.99. The lowest BCUT2D eigenvalue weighted by Crippen LogP contribution is -2.46. The van der Waals surface area contributed by atoms with Crippen molar-refractivity contribution in [3.63, 3.8) is 0 Å². The van der Waals surface area contributed by atoms with Crippen LogP contribution in [-0.4, -0.2) is 17.9 Å². The number of nitrogens with one attached hydrogen (secondary N) is 2. The van der Waals surface area contributed by atoms with Gasteiger partial charge in [0.1, 0.15) is 17.5 Å². The number of carbonyl (C=O) groups is 2. The summed E-state index contributed by atoms with van der Waals surface area (Å²) in [6, 6.07) is 14.0. The zero-order valence-electron chi connectivity index (χ0n) is 14.4. The average molecular weight is 405 g/mol. The molecular weight excluding hydrogens is 384 g/mol. The van der Waals surface area contributed by atoms with Gasteiger partial charge in [-0.1, -0.05) is 29.8 Å². The Kier molecular flexibility index (Phi) is 6.58. The molecule has 0 saturated carbocycles. The van der Waals surface area contributed by atoms with Gasteiger partial charge in [-0.25, -0.2) is 0 Å². The molecule has 1 atom stereocenters. The predicted molar refractivity (Wildman–Crippen MR) is 102 cm³/mol. The van der Waals surface area contributed by atoms with Gasteiger partial charge >= 0.3 is 0 Å². The molecule has 2 N–H and O–H groups in total. The highest BCUT2D eigenvalue weighted by Gasteiger charge is 2.22. The number of halogens is 1. The van der Waals surface area contributed by atoms with Gasteiger partial charge in [-0.2, -0.15) is 0 Å². The summed E-state index contributed by atoms with van der Waals surface area (Å²) >= 11 is 3.38. The van der Waals surface area contributed by atoms with Gasteiger partial charge in [-0.15, -0.1) is 0 Å². The summed E-state index contributed by atoms with van der Waals surface area (Å²) in [5.74, 6) is 0.913. The summed E-state index contributed by atoms with van der Waals surface area (Å²) in [7, 11) is 0. The van der Waals surface area contributed by atoms with E-state index in [2.05, 4.69) is 26.6 Å². The summed E-state index contributed by atoms with van der Waals surface area (Å²) in [6.07, 6.45) is 0. The maximum Gasteiger partial charge on any atom is 0.247 e. The molecule has 6 heteroatoms. The topological polar surface area (TPSA) is 67.4 Å². The van der Waals surface area contributed by atoms with E-state index in [0.717, 1.165) is 10.2 Å². The standard InChI is InChI=1S/C19H21BrN2O3/c1-12(2)18(21-13(3)23)19(24)22-15-6-10-17(11-7-15)25-16-8-4-14(20)5-9-16/h4-12,18H,1-3H3,(H,21,23)(H,22,24)/t18-/m1/s1. The minimum atomic E-state index is -0.573. The van der Waals surface area contributed by atoms with Gasteiger partial charge < -0.3 is 15.4 Å². The normalized spacial score (nSPS) is 11.7. The Morgan fingerprint density at radius 3 is 1.96 bits per heavy atom. The van der Waals surface area contributed by atoms with Crippen LogP contribution in [0, 0.1) is 5.92 Å². The zero-order chi connectivity index (χ0) is 18.4. The maximum absolute atomic E-state index is 12.3. The summed E-state index contributed by atoms with van der Waals surface area (Å²) in [4.78, 5) is 23.6. The lowest BCUT2D eigenvalue weighted by atomic mass is 10.0. The van der Waals surface area contributed by atoms with Gasteiger partial charge in [0.15, 0.2) is 0 Å². The van der Waals surface area contributed by atoms with Gasteiger partial charge in [0, 0.05) is 17.1 Å². The largest absolute Gasteiger partial charge is 0.457 e. The molecule has 2 aromatic carbocycles. The van der Waals surface area contributed by atoms with Crippen molar-refractivity contribution in [2.24, 2.45) is 5.92 Å². The van der Waals surface area contributed by atoms with E-state index >= 15 is 0 Å². The summed E-state index contributed by atoms with van der Waals surface area (Å²) in [5, 5.41) is 5.48. The Bertz CT molecular complexity index is 727. The van der Waals surface area contributed by atoms with E-state index in [1.807, 2.05) is 38.1 Å². The quantitative estimate of drug-likeness (QED) is 0.752. The molecule has 0 unspecified atom stereocenters. The van der Waals surface area contributed by atoms with Crippen LogP contribution < -0.4 is 15.4 Å². The Balaban J connectivity index is 2.00. The van der Waals surface area contributed by atoms with E-state index in [1.54, 1.807) is 24.3 Å². The van der Waals surface area contributed by atoms with E-state index in [1.165, 1.54) is 6.92 Å². The van der Waals surface area contributed by atoms with Crippen LogP contribution in [0.3, 0.4) is 0 Å². The molecule has 0 aliphatic carbocycles. The molecular formula is C19H21BrN2O3. The number of ether oxygens (including phenoxy) is 1. The lowest BCUT2D eigenvalue weighted by Gasteiger charge is -2.21. The number of amides is 2. The highest BCUT2D eigenvalue weighted by Crippen LogP contribution is 2.24. The number of hydrogen-bond acceptors (Lipinski definition) is 3. The van der Waals surface area contributed by atoms with E-state index in [9.17, 15) is 9.59 Å². The van der Waals surface area contributed by atoms with Gasteiger partial charge in [-0.05, 0) is 54.4 Å². The molecule has 0 bridgehead atoms. The first kappa shape index (κ1) is 19.0. The van der Waals surface area contributed by atoms with Crippen molar-refractivity contribution in [1.29, 1.82) is 0 Å². The van der Waals surface area contributed by atoms with E-state index in [-0.39, 0.29) is 17.7 Å². The van der Waals surface area contributed by atoms with Crippen LogP contribution in [0.4, 0.5) is 5.69 Å². The summed E-state index contributed by atoms with van der Waals surface area (Å²) in [5.41, 5.74) is 0.643. The molecule has 0 saturated heterocycles. The second-order valence-corrected chi connectivity index (χ2v) is 6.91. The van der Waals surface area contributed by atoms with Crippen LogP contribution in [0.25, 0.3) is 0 Å². The molecule has 0 fully saturated rings. The summed E-state index contributed by atoms with van der Waals surface area (Å²) in [6.45, 7) is 5.17. The molecule has 0 aliphatic rings. The molecule has 2 aromatic rings. The molecule has 2 amide bonds. The fourth-order valence-corrected chi connectivity index (χ4v) is 2.48. The minimum absolute atomic E-state index is 0.0103. The van der Waals surface area contributed by atoms with Crippen LogP contribution in [0.1, 0.15) is 20.8 Å². The highest BCUT2D eigenvalue weighted by atomic mass is 79.9. The smallest absolute Gasteiger partial charge is 0.247 e. The predicted octanol–water partition coefficient (Wildman–Crippen LogP) is 4.34. The Hall–Kier alpha value is -2.34. The molecule has 132 valence electrons. The van der Waals surface area contributed by atoms with E-state index < -0.39 is 6.04 Å². The number of carbonyl (C=O) groups excluding carboxylic acids is 2. The van der Waals surface area contributed by atoms with Crippen LogP contribution in [-0.2, 0) is 9.59 Å². The molecule has 0 aliphatic heterocycles. The Labute approximate surface area is 155 Å². The van der Waals surface area contributed by atoms with Gasteiger partial charge in [0.2, 0.25) is 11.8 Å². The fraction of sp³-hybridized carbons (Fsp3) is 0.263. The second kappa shape index (κ2) is 8.67. The number of hydrogen-bond donors (Lipinski definition) is 2. The minimum Gasteiger partial charge on any atom is -0.457 e. The third-order valence-electron chi connectivity index (χ3n) is 3.48. The number of anilines is 1. The average Bonchev–Trinajstić information content (AvgIpc) is 2.56. The van der Waals surface area contributed by atoms with Gasteiger partial charge in [0.25, 0.3) is 0 Å². The molecule has 25 heavy (non-hydrogen) atoms. The lowest BCUT2D eigenvalue weighted by molar-refractivity contribution is -0.126. The van der Waals surface area contributed by atoms with Crippen molar-refractivity contribution in [3.05, 3.63) is 53.0 Å². The van der Waals surface area contributed by atoms with Crippen LogP contribution in [0.15, 0.2) is 53.0 Å². The maximum atomic E-state index is 12.3. The number of rotatable bonds is 6. The monoisotopic (exact) mass is 404 g/mol. The molecule has 0 heterocycles. The first-order chi connectivity index (χ1) is 11.8. The van der Waals surface area contributed by atoms with Crippen molar-refractivity contribution in [3.8, 4) is 11.5 Å². The van der Waals surface area contributed by atoms with Crippen molar-refractivity contribution in [2.75, 3.05) is 5.32 Å². The Morgan fingerprint density at radius 2 is 1.48 bits per heavy atom. The molecule has 0 spiro atoms. The summed E-state index contributed by atoms with van der Waals surface area (Å²) < 4.78 is 6.72. The molecule has 5 nitrogen and oxygen atoms in total. The van der Waals surface area contributed by atoms with Crippen molar-refractivity contribution < 1.29 is 14.3 Å². The molecule has 0 radical (unpaired) electrons. The highest BCUT2D eigenvalue weighted by molar-refractivity contribution is 9.10. The van der Waals surface area contributed by atoms with Crippen LogP contribution >= 0.6 is 15.9 Å². The fourth-order valence-electron chi connectivity index (χ4n) is 2.22. The first-order valence-corrected chi connectivity index (χ1v) is 8.76. The molecule has 2 rings (SSSR count). The van der Waals surface area contributed by atoms with E-state index in [0.29, 0.717) is 11.4 Å². The van der Waals surface area contributed by atoms with Crippen molar-refractivity contribution in [2.45, 2.75) is 26.8 Å². The number of benzene rings is 2. The van der Waals surface area contributed by atoms with Gasteiger partial charge in [-0.3, -0.25) is 9.59 Å². The Morgan fingerprint density at radius 1 is 0.960 bits per heavy atom. The van der Waals surface area contributed by atoms with Crippen LogP contribution in [0.2, 0.25) is 0 Å². The first-order valence-electron chi connectivity index (χ1n) is 7.96. The van der Waals surface area contributed by atoms with Crippen LogP contribution in [0.5, 0.6) is 11.5 Å². The SMILES string of the molecule is CC(=O)N[C@@H](C(=O)Nc1ccc(Oc2ccc(Br)cc2)cc1)C(C)C. The van der Waals surface area contributed by atoms with Gasteiger partial charge in [0.05, 0.1) is 0 Å². The van der Waals surface area contributed by atoms with Crippen molar-refractivity contribution >= 4 is 33.4 Å². The third kappa shape index (κ3) is 5.90. The zero-order valence-corrected chi connectivity index (χ0v) is 16.0.